The molecule has 0 aliphatic carbocycles. The molecule has 2 aromatic rings. The van der Waals surface area contributed by atoms with E-state index in [0.29, 0.717) is 11.7 Å². The second kappa shape index (κ2) is 6.14. The van der Waals surface area contributed by atoms with Gasteiger partial charge in [0.2, 0.25) is 5.82 Å². The van der Waals surface area contributed by atoms with Crippen LogP contribution in [0, 0.1) is 6.92 Å². The molecule has 20 heavy (non-hydrogen) atoms. The minimum Gasteiger partial charge on any atom is -0.454 e. The van der Waals surface area contributed by atoms with Crippen LogP contribution in [0.2, 0.25) is 0 Å². The Morgan fingerprint density at radius 3 is 2.65 bits per heavy atom. The highest BCUT2D eigenvalue weighted by Gasteiger charge is 2.10. The van der Waals surface area contributed by atoms with E-state index in [-0.39, 0.29) is 6.61 Å². The number of esters is 1. The van der Waals surface area contributed by atoms with E-state index in [1.807, 2.05) is 45.0 Å². The summed E-state index contributed by atoms with van der Waals surface area (Å²) in [6.07, 6.45) is 1.42. The van der Waals surface area contributed by atoms with E-state index in [0.717, 1.165) is 16.7 Å². The highest BCUT2D eigenvalue weighted by atomic mass is 16.5. The second-order valence-corrected chi connectivity index (χ2v) is 4.71. The van der Waals surface area contributed by atoms with Gasteiger partial charge in [0.05, 0.1) is 0 Å². The molecule has 0 fully saturated rings. The molecule has 0 saturated heterocycles. The van der Waals surface area contributed by atoms with Crippen LogP contribution in [0.15, 0.2) is 40.4 Å². The van der Waals surface area contributed by atoms with Gasteiger partial charge in [0.25, 0.3) is 5.89 Å². The van der Waals surface area contributed by atoms with Crippen molar-refractivity contribution in [1.82, 2.24) is 10.1 Å². The van der Waals surface area contributed by atoms with Crippen molar-refractivity contribution in [3.63, 3.8) is 0 Å². The molecule has 0 bridgehead atoms. The summed E-state index contributed by atoms with van der Waals surface area (Å²) in [4.78, 5) is 15.5. The largest absolute Gasteiger partial charge is 0.454 e. The molecule has 0 unspecified atom stereocenters. The Labute approximate surface area is 117 Å². The highest BCUT2D eigenvalue weighted by molar-refractivity contribution is 5.82. The number of aryl methyl sites for hydroxylation is 1. The predicted octanol–water partition coefficient (Wildman–Crippen LogP) is 3.05. The van der Waals surface area contributed by atoms with E-state index in [1.165, 1.54) is 6.08 Å². The normalized spacial score (nSPS) is 10.2. The van der Waals surface area contributed by atoms with E-state index in [1.54, 1.807) is 0 Å². The van der Waals surface area contributed by atoms with Crippen molar-refractivity contribution >= 4 is 5.97 Å². The standard InChI is InChI=1S/C15H16N2O3/c1-10(2)8-14(18)19-9-13-16-15(20-17-13)12-6-4-11(3)5-7-12/h4-8H,9H2,1-3H3. The summed E-state index contributed by atoms with van der Waals surface area (Å²) < 4.78 is 10.1. The molecular formula is C15H16N2O3. The number of hydrogen-bond acceptors (Lipinski definition) is 5. The number of carbonyl (C=O) groups is 1. The summed E-state index contributed by atoms with van der Waals surface area (Å²) in [5.74, 6) is 0.348. The van der Waals surface area contributed by atoms with Gasteiger partial charge in [-0.05, 0) is 32.9 Å². The van der Waals surface area contributed by atoms with E-state index in [4.69, 9.17) is 9.26 Å². The summed E-state index contributed by atoms with van der Waals surface area (Å²) in [7, 11) is 0. The van der Waals surface area contributed by atoms with Crippen LogP contribution in [0.1, 0.15) is 25.2 Å². The molecule has 0 N–H and O–H groups in total. The van der Waals surface area contributed by atoms with E-state index < -0.39 is 5.97 Å². The van der Waals surface area contributed by atoms with E-state index >= 15 is 0 Å². The fourth-order valence-corrected chi connectivity index (χ4v) is 1.54. The van der Waals surface area contributed by atoms with E-state index in [9.17, 15) is 4.79 Å². The van der Waals surface area contributed by atoms with Crippen LogP contribution in [0.25, 0.3) is 11.5 Å². The topological polar surface area (TPSA) is 65.2 Å². The van der Waals surface area contributed by atoms with Crippen molar-refractivity contribution in [3.8, 4) is 11.5 Å². The number of aromatic nitrogens is 2. The van der Waals surface area contributed by atoms with Crippen LogP contribution in [-0.4, -0.2) is 16.1 Å². The van der Waals surface area contributed by atoms with Crippen LogP contribution in [0.3, 0.4) is 0 Å². The number of rotatable bonds is 4. The molecule has 0 saturated carbocycles. The molecule has 0 atom stereocenters. The highest BCUT2D eigenvalue weighted by Crippen LogP contribution is 2.17. The molecule has 0 amide bonds. The van der Waals surface area contributed by atoms with Gasteiger partial charge in [-0.1, -0.05) is 28.4 Å². The summed E-state index contributed by atoms with van der Waals surface area (Å²) in [5, 5.41) is 3.78. The van der Waals surface area contributed by atoms with Crippen molar-refractivity contribution < 1.29 is 14.1 Å². The summed E-state index contributed by atoms with van der Waals surface area (Å²) in [6, 6.07) is 7.74. The molecule has 0 aliphatic heterocycles. The Morgan fingerprint density at radius 2 is 2.00 bits per heavy atom. The quantitative estimate of drug-likeness (QED) is 0.632. The SMILES string of the molecule is CC(C)=CC(=O)OCc1noc(-c2ccc(C)cc2)n1. The minimum absolute atomic E-state index is 0.00201. The van der Waals surface area contributed by atoms with Gasteiger partial charge in [0, 0.05) is 11.6 Å². The first kappa shape index (κ1) is 14.0. The molecule has 0 radical (unpaired) electrons. The van der Waals surface area contributed by atoms with Crippen molar-refractivity contribution in [2.24, 2.45) is 0 Å². The average Bonchev–Trinajstić information content (AvgIpc) is 2.85. The molecule has 1 aromatic carbocycles. The molecule has 0 aliphatic rings. The maximum atomic E-state index is 11.4. The first-order valence-corrected chi connectivity index (χ1v) is 6.26. The Balaban J connectivity index is 2.01. The Morgan fingerprint density at radius 1 is 1.30 bits per heavy atom. The maximum absolute atomic E-state index is 11.4. The monoisotopic (exact) mass is 272 g/mol. The van der Waals surface area contributed by atoms with Crippen molar-refractivity contribution in [2.75, 3.05) is 0 Å². The summed E-state index contributed by atoms with van der Waals surface area (Å²) in [5.41, 5.74) is 2.87. The van der Waals surface area contributed by atoms with Gasteiger partial charge >= 0.3 is 5.97 Å². The molecule has 104 valence electrons. The van der Waals surface area contributed by atoms with Crippen molar-refractivity contribution in [1.29, 1.82) is 0 Å². The van der Waals surface area contributed by atoms with Gasteiger partial charge in [-0.3, -0.25) is 0 Å². The Kier molecular flexibility index (Phi) is 4.30. The predicted molar refractivity (Wildman–Crippen MR) is 73.7 cm³/mol. The number of hydrogen-bond donors (Lipinski definition) is 0. The number of allylic oxidation sites excluding steroid dienone is 1. The first-order chi connectivity index (χ1) is 9.54. The third kappa shape index (κ3) is 3.78. The van der Waals surface area contributed by atoms with Crippen molar-refractivity contribution in [3.05, 3.63) is 47.3 Å². The zero-order chi connectivity index (χ0) is 14.5. The smallest absolute Gasteiger partial charge is 0.331 e. The molecular weight excluding hydrogens is 256 g/mol. The van der Waals surface area contributed by atoms with Gasteiger partial charge < -0.3 is 9.26 Å². The lowest BCUT2D eigenvalue weighted by atomic mass is 10.1. The van der Waals surface area contributed by atoms with Crippen LogP contribution in [0.4, 0.5) is 0 Å². The van der Waals surface area contributed by atoms with Gasteiger partial charge in [-0.2, -0.15) is 4.98 Å². The summed E-state index contributed by atoms with van der Waals surface area (Å²) in [6.45, 7) is 5.65. The third-order valence-electron chi connectivity index (χ3n) is 2.52. The number of nitrogens with zero attached hydrogens (tertiary/aromatic N) is 2. The van der Waals surface area contributed by atoms with Crippen LogP contribution < -0.4 is 0 Å². The van der Waals surface area contributed by atoms with Crippen LogP contribution in [0.5, 0.6) is 0 Å². The van der Waals surface area contributed by atoms with Crippen molar-refractivity contribution in [2.45, 2.75) is 27.4 Å². The minimum atomic E-state index is -0.410. The lowest BCUT2D eigenvalue weighted by Crippen LogP contribution is -2.02. The molecule has 0 spiro atoms. The van der Waals surface area contributed by atoms with Gasteiger partial charge in [0.15, 0.2) is 6.61 Å². The zero-order valence-electron chi connectivity index (χ0n) is 11.7. The van der Waals surface area contributed by atoms with E-state index in [2.05, 4.69) is 10.1 Å². The lowest BCUT2D eigenvalue weighted by molar-refractivity contribution is -0.139. The van der Waals surface area contributed by atoms with Gasteiger partial charge in [0.1, 0.15) is 0 Å². The fourth-order valence-electron chi connectivity index (χ4n) is 1.54. The molecule has 5 heteroatoms. The Hall–Kier alpha value is -2.43. The third-order valence-corrected chi connectivity index (χ3v) is 2.52. The molecule has 1 aromatic heterocycles. The average molecular weight is 272 g/mol. The van der Waals surface area contributed by atoms with Crippen LogP contribution >= 0.6 is 0 Å². The first-order valence-electron chi connectivity index (χ1n) is 6.26. The maximum Gasteiger partial charge on any atom is 0.331 e. The number of carbonyl (C=O) groups excluding carboxylic acids is 1. The van der Waals surface area contributed by atoms with Crippen LogP contribution in [-0.2, 0) is 16.1 Å². The fraction of sp³-hybridized carbons (Fsp3) is 0.267. The zero-order valence-corrected chi connectivity index (χ0v) is 11.7. The summed E-state index contributed by atoms with van der Waals surface area (Å²) >= 11 is 0. The molecule has 2 rings (SSSR count). The second-order valence-electron chi connectivity index (χ2n) is 4.71. The van der Waals surface area contributed by atoms with Gasteiger partial charge in [-0.15, -0.1) is 0 Å². The molecule has 5 nitrogen and oxygen atoms in total. The lowest BCUT2D eigenvalue weighted by Gasteiger charge is -1.97. The Bertz CT molecular complexity index is 623. The number of benzene rings is 1. The molecule has 1 heterocycles. The van der Waals surface area contributed by atoms with Gasteiger partial charge in [-0.25, -0.2) is 4.79 Å². The number of ether oxygens (including phenoxy) is 1.